The van der Waals surface area contributed by atoms with Crippen molar-refractivity contribution in [2.75, 3.05) is 13.1 Å². The molecule has 5 rings (SSSR count). The van der Waals surface area contributed by atoms with Crippen LogP contribution in [0.4, 0.5) is 9.18 Å². The van der Waals surface area contributed by atoms with Crippen LogP contribution in [0.5, 0.6) is 0 Å². The summed E-state index contributed by atoms with van der Waals surface area (Å²) in [5.74, 6) is -0.325. The second kappa shape index (κ2) is 10.3. The standard InChI is InChI=1S/C27H28FN5O2.C2H6/c1-16-10-24(31-33-15-17(2)30-25(16)33)19-11-20-14-29-23(13-21(20)22(28)12-19)18-6-8-32(9-7-18)26(34)35-27(3,4)5;1-2/h6,10-15H,7-9H2,1-5H3;1-2H3. The zero-order valence-electron chi connectivity index (χ0n) is 22.6. The van der Waals surface area contributed by atoms with Crippen LogP contribution in [-0.2, 0) is 4.74 Å². The molecule has 1 aliphatic heterocycles. The number of rotatable bonds is 2. The molecule has 0 N–H and O–H groups in total. The molecule has 1 aliphatic rings. The summed E-state index contributed by atoms with van der Waals surface area (Å²) < 4.78 is 22.4. The number of pyridine rings is 1. The fraction of sp³-hybridized carbons (Fsp3) is 0.379. The van der Waals surface area contributed by atoms with Crippen LogP contribution in [-0.4, -0.2) is 49.3 Å². The van der Waals surface area contributed by atoms with Gasteiger partial charge in [0.05, 0.1) is 23.3 Å². The van der Waals surface area contributed by atoms with E-state index in [1.165, 1.54) is 6.07 Å². The quantitative estimate of drug-likeness (QED) is 0.302. The van der Waals surface area contributed by atoms with Crippen molar-refractivity contribution >= 4 is 28.1 Å². The van der Waals surface area contributed by atoms with Crippen LogP contribution >= 0.6 is 0 Å². The molecule has 1 aromatic carbocycles. The normalized spacial score (nSPS) is 13.8. The minimum atomic E-state index is -0.533. The average Bonchev–Trinajstić information content (AvgIpc) is 3.25. The van der Waals surface area contributed by atoms with E-state index in [0.717, 1.165) is 28.2 Å². The Kier molecular flexibility index (Phi) is 7.30. The van der Waals surface area contributed by atoms with Crippen LogP contribution in [0.2, 0.25) is 0 Å². The second-order valence-electron chi connectivity index (χ2n) is 10.0. The summed E-state index contributed by atoms with van der Waals surface area (Å²) in [7, 11) is 0. The number of imidazole rings is 1. The maximum Gasteiger partial charge on any atom is 0.410 e. The predicted molar refractivity (Wildman–Crippen MR) is 145 cm³/mol. The fourth-order valence-electron chi connectivity index (χ4n) is 4.31. The first-order valence-corrected chi connectivity index (χ1v) is 12.7. The summed E-state index contributed by atoms with van der Waals surface area (Å²) in [5, 5.41) is 5.84. The summed E-state index contributed by atoms with van der Waals surface area (Å²) in [6, 6.07) is 7.13. The van der Waals surface area contributed by atoms with E-state index in [4.69, 9.17) is 4.74 Å². The number of fused-ring (bicyclic) bond motifs is 2. The Morgan fingerprint density at radius 2 is 1.84 bits per heavy atom. The average molecular weight is 504 g/mol. The lowest BCUT2D eigenvalue weighted by Crippen LogP contribution is -2.39. The smallest absolute Gasteiger partial charge is 0.410 e. The van der Waals surface area contributed by atoms with Gasteiger partial charge in [0.25, 0.3) is 0 Å². The highest BCUT2D eigenvalue weighted by molar-refractivity contribution is 5.89. The van der Waals surface area contributed by atoms with E-state index in [2.05, 4.69) is 15.1 Å². The van der Waals surface area contributed by atoms with Crippen molar-refractivity contribution in [3.8, 4) is 11.3 Å². The van der Waals surface area contributed by atoms with Crippen LogP contribution in [0.3, 0.4) is 0 Å². The van der Waals surface area contributed by atoms with Gasteiger partial charge in [0.1, 0.15) is 11.4 Å². The molecule has 0 bridgehead atoms. The zero-order chi connectivity index (χ0) is 26.9. The maximum atomic E-state index is 15.3. The molecule has 0 aliphatic carbocycles. The number of hydrogen-bond donors (Lipinski definition) is 0. The molecule has 4 aromatic rings. The topological polar surface area (TPSA) is 72.6 Å². The molecular formula is C29H34FN5O2. The Hall–Kier alpha value is -3.81. The van der Waals surface area contributed by atoms with Crippen molar-refractivity contribution in [2.45, 2.75) is 60.5 Å². The van der Waals surface area contributed by atoms with Gasteiger partial charge in [0.15, 0.2) is 5.65 Å². The Bertz CT molecular complexity index is 1500. The Balaban J connectivity index is 0.00000156. The minimum Gasteiger partial charge on any atom is -0.444 e. The Morgan fingerprint density at radius 3 is 2.51 bits per heavy atom. The summed E-state index contributed by atoms with van der Waals surface area (Å²) in [6.07, 6.45) is 5.82. The summed E-state index contributed by atoms with van der Waals surface area (Å²) in [6.45, 7) is 14.4. The number of carbonyl (C=O) groups excluding carboxylic acids is 1. The van der Waals surface area contributed by atoms with Gasteiger partial charge in [-0.15, -0.1) is 0 Å². The molecule has 8 heteroatoms. The van der Waals surface area contributed by atoms with Gasteiger partial charge in [-0.1, -0.05) is 19.9 Å². The highest BCUT2D eigenvalue weighted by Crippen LogP contribution is 2.30. The zero-order valence-corrected chi connectivity index (χ0v) is 22.6. The lowest BCUT2D eigenvalue weighted by atomic mass is 10.00. The first-order valence-electron chi connectivity index (χ1n) is 12.7. The summed E-state index contributed by atoms with van der Waals surface area (Å²) in [4.78, 5) is 23.1. The number of halogens is 1. The molecule has 1 amide bonds. The predicted octanol–water partition coefficient (Wildman–Crippen LogP) is 6.75. The molecule has 4 heterocycles. The fourth-order valence-corrected chi connectivity index (χ4v) is 4.31. The molecule has 0 atom stereocenters. The lowest BCUT2D eigenvalue weighted by molar-refractivity contribution is 0.0270. The van der Waals surface area contributed by atoms with Gasteiger partial charge in [0, 0.05) is 35.6 Å². The third-order valence-corrected chi connectivity index (χ3v) is 6.00. The van der Waals surface area contributed by atoms with Crippen LogP contribution in [0, 0.1) is 19.7 Å². The van der Waals surface area contributed by atoms with E-state index in [1.807, 2.05) is 72.9 Å². The third kappa shape index (κ3) is 5.63. The number of aromatic nitrogens is 4. The molecule has 194 valence electrons. The van der Waals surface area contributed by atoms with E-state index in [1.54, 1.807) is 21.7 Å². The first kappa shape index (κ1) is 26.3. The highest BCUT2D eigenvalue weighted by Gasteiger charge is 2.24. The first-order chi connectivity index (χ1) is 17.6. The van der Waals surface area contributed by atoms with E-state index in [9.17, 15) is 4.79 Å². The lowest BCUT2D eigenvalue weighted by Gasteiger charge is -2.29. The van der Waals surface area contributed by atoms with Gasteiger partial charge in [-0.3, -0.25) is 4.98 Å². The monoisotopic (exact) mass is 503 g/mol. The minimum absolute atomic E-state index is 0.325. The van der Waals surface area contributed by atoms with E-state index >= 15 is 4.39 Å². The van der Waals surface area contributed by atoms with Crippen molar-refractivity contribution in [1.29, 1.82) is 0 Å². The van der Waals surface area contributed by atoms with Gasteiger partial charge in [-0.2, -0.15) is 5.10 Å². The Labute approximate surface area is 217 Å². The van der Waals surface area contributed by atoms with E-state index in [0.29, 0.717) is 41.5 Å². The van der Waals surface area contributed by atoms with Gasteiger partial charge in [-0.05, 0) is 76.4 Å². The largest absolute Gasteiger partial charge is 0.444 e. The number of amides is 1. The molecule has 0 saturated heterocycles. The second-order valence-corrected chi connectivity index (χ2v) is 10.0. The molecule has 0 radical (unpaired) electrons. The van der Waals surface area contributed by atoms with Crippen LogP contribution < -0.4 is 0 Å². The molecule has 0 unspecified atom stereocenters. The van der Waals surface area contributed by atoms with Crippen molar-refractivity contribution in [2.24, 2.45) is 0 Å². The third-order valence-electron chi connectivity index (χ3n) is 6.00. The molecule has 0 fully saturated rings. The van der Waals surface area contributed by atoms with Gasteiger partial charge >= 0.3 is 6.09 Å². The highest BCUT2D eigenvalue weighted by atomic mass is 19.1. The number of benzene rings is 1. The van der Waals surface area contributed by atoms with Gasteiger partial charge in [-0.25, -0.2) is 18.7 Å². The van der Waals surface area contributed by atoms with Crippen molar-refractivity contribution < 1.29 is 13.9 Å². The number of nitrogens with zero attached hydrogens (tertiary/aromatic N) is 5. The van der Waals surface area contributed by atoms with Gasteiger partial charge in [0.2, 0.25) is 0 Å². The molecule has 0 spiro atoms. The van der Waals surface area contributed by atoms with Crippen LogP contribution in [0.25, 0.3) is 33.3 Å². The van der Waals surface area contributed by atoms with Crippen molar-refractivity contribution in [3.63, 3.8) is 0 Å². The number of hydrogen-bond acceptors (Lipinski definition) is 5. The van der Waals surface area contributed by atoms with Crippen molar-refractivity contribution in [3.05, 3.63) is 65.5 Å². The molecule has 7 nitrogen and oxygen atoms in total. The van der Waals surface area contributed by atoms with Crippen LogP contribution in [0.15, 0.2) is 42.7 Å². The number of aryl methyl sites for hydroxylation is 2. The van der Waals surface area contributed by atoms with Crippen LogP contribution in [0.1, 0.15) is 58.0 Å². The Morgan fingerprint density at radius 1 is 1.08 bits per heavy atom. The molecule has 3 aromatic heterocycles. The van der Waals surface area contributed by atoms with E-state index in [-0.39, 0.29) is 11.9 Å². The summed E-state index contributed by atoms with van der Waals surface area (Å²) >= 11 is 0. The molecular weight excluding hydrogens is 469 g/mol. The van der Waals surface area contributed by atoms with Gasteiger partial charge < -0.3 is 9.64 Å². The SMILES string of the molecule is CC.Cc1cn2nc(-c3cc(F)c4cc(C5=CCN(C(=O)OC(C)(C)C)CC5)ncc4c3)cc(C)c2n1. The summed E-state index contributed by atoms with van der Waals surface area (Å²) in [5.41, 5.74) is 5.19. The van der Waals surface area contributed by atoms with E-state index < -0.39 is 5.60 Å². The van der Waals surface area contributed by atoms with Crippen molar-refractivity contribution in [1.82, 2.24) is 24.5 Å². The number of carbonyl (C=O) groups is 1. The number of ether oxygens (including phenoxy) is 1. The maximum absolute atomic E-state index is 15.3. The molecule has 0 saturated carbocycles. The molecule has 37 heavy (non-hydrogen) atoms.